The Morgan fingerprint density at radius 1 is 0.844 bits per heavy atom. The summed E-state index contributed by atoms with van der Waals surface area (Å²) < 4.78 is 10.3. The Kier molecular flexibility index (Phi) is 7.17. The normalized spacial score (nSPS) is 10.3. The van der Waals surface area contributed by atoms with Crippen molar-refractivity contribution in [3.05, 3.63) is 99.6 Å². The summed E-state index contributed by atoms with van der Waals surface area (Å²) in [5, 5.41) is 11.0. The molecule has 0 saturated carbocycles. The van der Waals surface area contributed by atoms with E-state index >= 15 is 0 Å². The summed E-state index contributed by atoms with van der Waals surface area (Å²) >= 11 is 0. The van der Waals surface area contributed by atoms with Crippen molar-refractivity contribution >= 4 is 17.4 Å². The molecule has 0 saturated heterocycles. The number of rotatable bonds is 9. The number of carbonyl (C=O) groups is 2. The molecule has 0 fully saturated rings. The molecular formula is C24H22N2O6. The minimum Gasteiger partial charge on any atom is -0.497 e. The second kappa shape index (κ2) is 10.2. The quantitative estimate of drug-likeness (QED) is 0.218. The monoisotopic (exact) mass is 434 g/mol. The lowest BCUT2D eigenvalue weighted by Gasteiger charge is -2.22. The van der Waals surface area contributed by atoms with E-state index in [1.807, 2.05) is 24.3 Å². The van der Waals surface area contributed by atoms with Crippen molar-refractivity contribution in [1.82, 2.24) is 4.90 Å². The molecule has 3 aromatic rings. The number of Topliss-reactive ketones (excluding diaryl/α,β-unsaturated/α-hetero) is 1. The van der Waals surface area contributed by atoms with Crippen LogP contribution in [0.1, 0.15) is 21.5 Å². The number of amides is 1. The summed E-state index contributed by atoms with van der Waals surface area (Å²) in [6, 6.07) is 19.5. The van der Waals surface area contributed by atoms with Gasteiger partial charge in [-0.1, -0.05) is 36.4 Å². The predicted octanol–water partition coefficient (Wildman–Crippen LogP) is 4.02. The Bertz CT molecular complexity index is 1060. The van der Waals surface area contributed by atoms with E-state index in [1.165, 1.54) is 23.1 Å². The maximum Gasteiger partial charge on any atom is 0.295 e. The average Bonchev–Trinajstić information content (AvgIpc) is 2.83. The molecule has 0 spiro atoms. The summed E-state index contributed by atoms with van der Waals surface area (Å²) in [7, 11) is 3.12. The smallest absolute Gasteiger partial charge is 0.295 e. The van der Waals surface area contributed by atoms with Gasteiger partial charge in [-0.2, -0.15) is 0 Å². The lowest BCUT2D eigenvalue weighted by molar-refractivity contribution is -0.384. The number of hydrogen-bond donors (Lipinski definition) is 0. The summed E-state index contributed by atoms with van der Waals surface area (Å²) in [5.41, 5.74) is 1.33. The molecule has 0 heterocycles. The Hall–Kier alpha value is -4.20. The van der Waals surface area contributed by atoms with Crippen molar-refractivity contribution < 1.29 is 24.0 Å². The highest BCUT2D eigenvalue weighted by Crippen LogP contribution is 2.19. The molecule has 0 atom stereocenters. The number of nitro groups is 1. The topological polar surface area (TPSA) is 99.0 Å². The zero-order chi connectivity index (χ0) is 23.1. The van der Waals surface area contributed by atoms with Crippen LogP contribution < -0.4 is 9.47 Å². The van der Waals surface area contributed by atoms with Gasteiger partial charge in [-0.15, -0.1) is 0 Å². The van der Waals surface area contributed by atoms with Gasteiger partial charge in [-0.25, -0.2) is 0 Å². The van der Waals surface area contributed by atoms with E-state index in [1.54, 1.807) is 38.5 Å². The minimum atomic E-state index is -0.810. The molecule has 3 rings (SSSR count). The van der Waals surface area contributed by atoms with Gasteiger partial charge in [0.2, 0.25) is 0 Å². The van der Waals surface area contributed by atoms with Gasteiger partial charge in [0.1, 0.15) is 11.5 Å². The number of carbonyl (C=O) groups excluding carboxylic acids is 2. The Labute approximate surface area is 185 Å². The van der Waals surface area contributed by atoms with Crippen LogP contribution in [0.5, 0.6) is 11.5 Å². The average molecular weight is 434 g/mol. The number of benzene rings is 3. The molecule has 0 aliphatic carbocycles. The number of ether oxygens (including phenoxy) is 2. The van der Waals surface area contributed by atoms with Crippen molar-refractivity contribution in [1.29, 1.82) is 0 Å². The van der Waals surface area contributed by atoms with Crippen molar-refractivity contribution in [2.24, 2.45) is 0 Å². The zero-order valence-corrected chi connectivity index (χ0v) is 17.7. The molecule has 0 radical (unpaired) electrons. The Morgan fingerprint density at radius 2 is 1.34 bits per heavy atom. The lowest BCUT2D eigenvalue weighted by Crippen LogP contribution is -2.35. The fourth-order valence-electron chi connectivity index (χ4n) is 3.13. The standard InChI is InChI=1S/C24H22N2O6/c1-31-21-10-6-17(7-11-21)15-25(16-18-8-12-22(32-2)13-9-18)24(28)23(27)19-4-3-5-20(14-19)26(29)30/h3-14H,15-16H2,1-2H3. The molecule has 8 heteroatoms. The molecule has 164 valence electrons. The third-order valence-electron chi connectivity index (χ3n) is 4.87. The molecule has 0 bridgehead atoms. The molecule has 8 nitrogen and oxygen atoms in total. The Morgan fingerprint density at radius 3 is 1.78 bits per heavy atom. The van der Waals surface area contributed by atoms with Crippen molar-refractivity contribution in [2.75, 3.05) is 14.2 Å². The van der Waals surface area contributed by atoms with E-state index in [9.17, 15) is 19.7 Å². The van der Waals surface area contributed by atoms with Crippen LogP contribution in [0.15, 0.2) is 72.8 Å². The third-order valence-corrected chi connectivity index (χ3v) is 4.87. The first kappa shape index (κ1) is 22.5. The number of nitro benzene ring substituents is 1. The van der Waals surface area contributed by atoms with Crippen LogP contribution in [0.4, 0.5) is 5.69 Å². The predicted molar refractivity (Wildman–Crippen MR) is 118 cm³/mol. The molecule has 1 amide bonds. The number of hydrogen-bond acceptors (Lipinski definition) is 6. The first-order chi connectivity index (χ1) is 15.4. The second-order valence-corrected chi connectivity index (χ2v) is 6.99. The van der Waals surface area contributed by atoms with Gasteiger partial charge in [-0.3, -0.25) is 19.7 Å². The fraction of sp³-hybridized carbons (Fsp3) is 0.167. The second-order valence-electron chi connectivity index (χ2n) is 6.99. The number of non-ortho nitro benzene ring substituents is 1. The van der Waals surface area contributed by atoms with Gasteiger partial charge in [-0.05, 0) is 35.4 Å². The third kappa shape index (κ3) is 5.48. The summed E-state index contributed by atoms with van der Waals surface area (Å²) in [6.07, 6.45) is 0. The SMILES string of the molecule is COc1ccc(CN(Cc2ccc(OC)cc2)C(=O)C(=O)c2cccc([N+](=O)[O-])c2)cc1. The number of ketones is 1. The van der Waals surface area contributed by atoms with Gasteiger partial charge < -0.3 is 14.4 Å². The van der Waals surface area contributed by atoms with Crippen LogP contribution in [-0.4, -0.2) is 35.7 Å². The fourth-order valence-corrected chi connectivity index (χ4v) is 3.13. The summed E-state index contributed by atoms with van der Waals surface area (Å²) in [5.74, 6) is -0.211. The number of nitrogens with zero attached hydrogens (tertiary/aromatic N) is 2. The largest absolute Gasteiger partial charge is 0.497 e. The molecule has 0 N–H and O–H groups in total. The van der Waals surface area contributed by atoms with Crippen LogP contribution in [0.2, 0.25) is 0 Å². The molecule has 0 aromatic heterocycles. The maximum atomic E-state index is 13.1. The van der Waals surface area contributed by atoms with Gasteiger partial charge in [0.15, 0.2) is 0 Å². The van der Waals surface area contributed by atoms with E-state index in [0.29, 0.717) is 11.5 Å². The van der Waals surface area contributed by atoms with Gasteiger partial charge in [0.05, 0.1) is 19.1 Å². The van der Waals surface area contributed by atoms with E-state index in [4.69, 9.17) is 9.47 Å². The molecule has 0 aliphatic rings. The van der Waals surface area contributed by atoms with Crippen LogP contribution in [0.25, 0.3) is 0 Å². The highest BCUT2D eigenvalue weighted by atomic mass is 16.6. The van der Waals surface area contributed by atoms with Crippen LogP contribution >= 0.6 is 0 Å². The minimum absolute atomic E-state index is 0.0290. The van der Waals surface area contributed by atoms with Crippen molar-refractivity contribution in [2.45, 2.75) is 13.1 Å². The van der Waals surface area contributed by atoms with E-state index in [-0.39, 0.29) is 24.3 Å². The van der Waals surface area contributed by atoms with E-state index in [0.717, 1.165) is 17.2 Å². The number of methoxy groups -OCH3 is 2. The van der Waals surface area contributed by atoms with Crippen LogP contribution in [0, 0.1) is 10.1 Å². The summed E-state index contributed by atoms with van der Waals surface area (Å²) in [4.78, 5) is 37.9. The summed E-state index contributed by atoms with van der Waals surface area (Å²) in [6.45, 7) is 0.352. The van der Waals surface area contributed by atoms with Crippen molar-refractivity contribution in [3.8, 4) is 11.5 Å². The van der Waals surface area contributed by atoms with Crippen LogP contribution in [-0.2, 0) is 17.9 Å². The maximum absolute atomic E-state index is 13.1. The lowest BCUT2D eigenvalue weighted by atomic mass is 10.1. The van der Waals surface area contributed by atoms with Gasteiger partial charge >= 0.3 is 0 Å². The molecule has 0 aliphatic heterocycles. The first-order valence-corrected chi connectivity index (χ1v) is 9.75. The highest BCUT2D eigenvalue weighted by molar-refractivity contribution is 6.42. The first-order valence-electron chi connectivity index (χ1n) is 9.75. The Balaban J connectivity index is 1.88. The van der Waals surface area contributed by atoms with E-state index < -0.39 is 16.6 Å². The van der Waals surface area contributed by atoms with Gasteiger partial charge in [0, 0.05) is 30.8 Å². The highest BCUT2D eigenvalue weighted by Gasteiger charge is 2.25. The van der Waals surface area contributed by atoms with Crippen molar-refractivity contribution in [3.63, 3.8) is 0 Å². The van der Waals surface area contributed by atoms with E-state index in [2.05, 4.69) is 0 Å². The molecule has 3 aromatic carbocycles. The molecule has 0 unspecified atom stereocenters. The molecule has 32 heavy (non-hydrogen) atoms. The van der Waals surface area contributed by atoms with Crippen LogP contribution in [0.3, 0.4) is 0 Å². The van der Waals surface area contributed by atoms with Gasteiger partial charge in [0.25, 0.3) is 17.4 Å². The molecular weight excluding hydrogens is 412 g/mol. The zero-order valence-electron chi connectivity index (χ0n) is 17.7.